The Hall–Kier alpha value is -1.61. The molecule has 1 heterocycles. The summed E-state index contributed by atoms with van der Waals surface area (Å²) in [7, 11) is 0. The van der Waals surface area contributed by atoms with Crippen molar-refractivity contribution in [3.63, 3.8) is 0 Å². The van der Waals surface area contributed by atoms with E-state index in [1.165, 1.54) is 0 Å². The highest BCUT2D eigenvalue weighted by Crippen LogP contribution is 2.31. The molecule has 2 nitrogen and oxygen atoms in total. The molecule has 0 bridgehead atoms. The first kappa shape index (κ1) is 14.3. The molecule has 106 valence electrons. The van der Waals surface area contributed by atoms with Gasteiger partial charge in [0, 0.05) is 26.7 Å². The summed E-state index contributed by atoms with van der Waals surface area (Å²) in [5.74, 6) is 0. The second-order valence-electron chi connectivity index (χ2n) is 4.97. The first-order chi connectivity index (χ1) is 10.0. The largest absolute Gasteiger partial charge is 0.384 e. The van der Waals surface area contributed by atoms with Crippen molar-refractivity contribution in [1.29, 1.82) is 0 Å². The number of rotatable bonds is 2. The van der Waals surface area contributed by atoms with E-state index in [0.717, 1.165) is 22.2 Å². The number of aromatic nitrogens is 1. The van der Waals surface area contributed by atoms with Crippen LogP contribution in [0.5, 0.6) is 0 Å². The summed E-state index contributed by atoms with van der Waals surface area (Å²) in [5, 5.41) is 12.5. The molecule has 0 aliphatic heterocycles. The molecule has 1 unspecified atom stereocenters. The van der Waals surface area contributed by atoms with Gasteiger partial charge in [-0.3, -0.25) is 4.98 Å². The minimum absolute atomic E-state index is 0.456. The molecule has 3 aromatic rings. The van der Waals surface area contributed by atoms with Gasteiger partial charge < -0.3 is 5.11 Å². The lowest BCUT2D eigenvalue weighted by Crippen LogP contribution is -2.00. The molecule has 21 heavy (non-hydrogen) atoms. The van der Waals surface area contributed by atoms with Gasteiger partial charge in [-0.1, -0.05) is 41.4 Å². The third-order valence-corrected chi connectivity index (χ3v) is 3.99. The van der Waals surface area contributed by atoms with Gasteiger partial charge in [-0.25, -0.2) is 0 Å². The SMILES string of the molecule is Cc1ccc2cc(C(O)c3ccc(Cl)cc3Cl)ccc2n1. The minimum Gasteiger partial charge on any atom is -0.384 e. The number of fused-ring (bicyclic) bond motifs is 1. The number of aliphatic hydroxyl groups excluding tert-OH is 1. The van der Waals surface area contributed by atoms with Crippen LogP contribution < -0.4 is 0 Å². The standard InChI is InChI=1S/C17H13Cl2NO/c1-10-2-3-11-8-12(4-7-16(11)20-10)17(21)14-6-5-13(18)9-15(14)19/h2-9,17,21H,1H3. The third-order valence-electron chi connectivity index (χ3n) is 3.43. The maximum Gasteiger partial charge on any atom is 0.106 e. The van der Waals surface area contributed by atoms with Gasteiger partial charge in [0.1, 0.15) is 6.10 Å². The zero-order valence-electron chi connectivity index (χ0n) is 11.3. The van der Waals surface area contributed by atoms with Crippen molar-refractivity contribution in [2.24, 2.45) is 0 Å². The van der Waals surface area contributed by atoms with Crippen LogP contribution in [0.4, 0.5) is 0 Å². The molecule has 1 atom stereocenters. The maximum absolute atomic E-state index is 10.5. The molecule has 0 fully saturated rings. The molecule has 0 saturated carbocycles. The third kappa shape index (κ3) is 2.88. The Bertz CT molecular complexity index is 817. The fourth-order valence-electron chi connectivity index (χ4n) is 2.32. The second-order valence-corrected chi connectivity index (χ2v) is 5.82. The van der Waals surface area contributed by atoms with Gasteiger partial charge in [-0.2, -0.15) is 0 Å². The summed E-state index contributed by atoms with van der Waals surface area (Å²) >= 11 is 12.0. The van der Waals surface area contributed by atoms with E-state index in [1.54, 1.807) is 18.2 Å². The molecule has 0 spiro atoms. The van der Waals surface area contributed by atoms with Crippen molar-refractivity contribution >= 4 is 34.1 Å². The van der Waals surface area contributed by atoms with Gasteiger partial charge in [0.25, 0.3) is 0 Å². The van der Waals surface area contributed by atoms with E-state index in [-0.39, 0.29) is 0 Å². The summed E-state index contributed by atoms with van der Waals surface area (Å²) < 4.78 is 0. The predicted molar refractivity (Wildman–Crippen MR) is 87.0 cm³/mol. The molecule has 1 aromatic heterocycles. The molecular weight excluding hydrogens is 305 g/mol. The molecule has 0 saturated heterocycles. The van der Waals surface area contributed by atoms with Gasteiger partial charge in [-0.05, 0) is 42.8 Å². The van der Waals surface area contributed by atoms with E-state index in [0.29, 0.717) is 15.6 Å². The van der Waals surface area contributed by atoms with Crippen LogP contribution in [0.15, 0.2) is 48.5 Å². The van der Waals surface area contributed by atoms with Gasteiger partial charge in [0.15, 0.2) is 0 Å². The summed E-state index contributed by atoms with van der Waals surface area (Å²) in [5.41, 5.74) is 3.29. The van der Waals surface area contributed by atoms with Gasteiger partial charge in [0.05, 0.1) is 5.52 Å². The molecule has 0 amide bonds. The normalized spacial score (nSPS) is 12.6. The topological polar surface area (TPSA) is 33.1 Å². The highest BCUT2D eigenvalue weighted by atomic mass is 35.5. The number of aliphatic hydroxyl groups is 1. The van der Waals surface area contributed by atoms with Crippen molar-refractivity contribution in [3.8, 4) is 0 Å². The maximum atomic E-state index is 10.5. The van der Waals surface area contributed by atoms with Gasteiger partial charge in [-0.15, -0.1) is 0 Å². The minimum atomic E-state index is -0.791. The van der Waals surface area contributed by atoms with Crippen LogP contribution in [-0.2, 0) is 0 Å². The lowest BCUT2D eigenvalue weighted by molar-refractivity contribution is 0.220. The van der Waals surface area contributed by atoms with Crippen LogP contribution in [0.2, 0.25) is 10.0 Å². The summed E-state index contributed by atoms with van der Waals surface area (Å²) in [6.45, 7) is 1.95. The number of pyridine rings is 1. The fraction of sp³-hybridized carbons (Fsp3) is 0.118. The van der Waals surface area contributed by atoms with E-state index in [1.807, 2.05) is 37.3 Å². The molecule has 3 rings (SSSR count). The summed E-state index contributed by atoms with van der Waals surface area (Å²) in [6.07, 6.45) is -0.791. The van der Waals surface area contributed by atoms with E-state index in [4.69, 9.17) is 23.2 Å². The highest BCUT2D eigenvalue weighted by Gasteiger charge is 2.14. The Morgan fingerprint density at radius 3 is 2.57 bits per heavy atom. The number of nitrogens with zero attached hydrogens (tertiary/aromatic N) is 1. The molecular formula is C17H13Cl2NO. The van der Waals surface area contributed by atoms with Gasteiger partial charge >= 0.3 is 0 Å². The lowest BCUT2D eigenvalue weighted by Gasteiger charge is -2.14. The van der Waals surface area contributed by atoms with Crippen molar-refractivity contribution in [2.75, 3.05) is 0 Å². The number of hydrogen-bond donors (Lipinski definition) is 1. The number of halogens is 2. The number of aryl methyl sites for hydroxylation is 1. The average molecular weight is 318 g/mol. The zero-order chi connectivity index (χ0) is 15.0. The zero-order valence-corrected chi connectivity index (χ0v) is 12.9. The highest BCUT2D eigenvalue weighted by molar-refractivity contribution is 6.35. The van der Waals surface area contributed by atoms with Crippen LogP contribution in [0.1, 0.15) is 22.9 Å². The summed E-state index contributed by atoms with van der Waals surface area (Å²) in [6, 6.07) is 14.7. The van der Waals surface area contributed by atoms with Crippen molar-refractivity contribution < 1.29 is 5.11 Å². The van der Waals surface area contributed by atoms with Crippen molar-refractivity contribution in [1.82, 2.24) is 4.98 Å². The van der Waals surface area contributed by atoms with Crippen LogP contribution in [0.3, 0.4) is 0 Å². The predicted octanol–water partition coefficient (Wildman–Crippen LogP) is 4.93. The lowest BCUT2D eigenvalue weighted by atomic mass is 10.00. The van der Waals surface area contributed by atoms with Crippen molar-refractivity contribution in [3.05, 3.63) is 75.4 Å². The van der Waals surface area contributed by atoms with Crippen LogP contribution in [0, 0.1) is 6.92 Å². The quantitative estimate of drug-likeness (QED) is 0.726. The Morgan fingerprint density at radius 2 is 1.81 bits per heavy atom. The number of benzene rings is 2. The first-order valence-electron chi connectivity index (χ1n) is 6.55. The van der Waals surface area contributed by atoms with E-state index in [2.05, 4.69) is 4.98 Å². The Labute approximate surface area is 133 Å². The smallest absolute Gasteiger partial charge is 0.106 e. The number of hydrogen-bond acceptors (Lipinski definition) is 2. The van der Waals surface area contributed by atoms with Crippen LogP contribution >= 0.6 is 23.2 Å². The Kier molecular flexibility index (Phi) is 3.85. The van der Waals surface area contributed by atoms with E-state index >= 15 is 0 Å². The van der Waals surface area contributed by atoms with Crippen molar-refractivity contribution in [2.45, 2.75) is 13.0 Å². The average Bonchev–Trinajstić information content (AvgIpc) is 2.46. The van der Waals surface area contributed by atoms with E-state index < -0.39 is 6.10 Å². The molecule has 1 N–H and O–H groups in total. The molecule has 0 aliphatic rings. The molecule has 4 heteroatoms. The monoisotopic (exact) mass is 317 g/mol. The van der Waals surface area contributed by atoms with Crippen LogP contribution in [-0.4, -0.2) is 10.1 Å². The molecule has 2 aromatic carbocycles. The molecule has 0 radical (unpaired) electrons. The Balaban J connectivity index is 2.04. The van der Waals surface area contributed by atoms with Crippen LogP contribution in [0.25, 0.3) is 10.9 Å². The Morgan fingerprint density at radius 1 is 1.00 bits per heavy atom. The van der Waals surface area contributed by atoms with E-state index in [9.17, 15) is 5.11 Å². The second kappa shape index (κ2) is 5.64. The first-order valence-corrected chi connectivity index (χ1v) is 7.30. The molecule has 0 aliphatic carbocycles. The summed E-state index contributed by atoms with van der Waals surface area (Å²) in [4.78, 5) is 4.45. The van der Waals surface area contributed by atoms with Gasteiger partial charge in [0.2, 0.25) is 0 Å². The fourth-order valence-corrected chi connectivity index (χ4v) is 2.83.